The van der Waals surface area contributed by atoms with Crippen LogP contribution >= 0.6 is 0 Å². The number of hydrogen-bond acceptors (Lipinski definition) is 1. The van der Waals surface area contributed by atoms with Crippen molar-refractivity contribution in [3.05, 3.63) is 150 Å². The lowest BCUT2D eigenvalue weighted by Gasteiger charge is -2.28. The van der Waals surface area contributed by atoms with Crippen molar-refractivity contribution in [2.75, 3.05) is 4.90 Å². The Morgan fingerprint density at radius 1 is 0.472 bits per heavy atom. The maximum atomic E-state index is 2.38. The number of rotatable bonds is 5. The Bertz CT molecular complexity index is 1490. The van der Waals surface area contributed by atoms with Crippen LogP contribution in [0.2, 0.25) is 0 Å². The lowest BCUT2D eigenvalue weighted by atomic mass is 9.81. The topological polar surface area (TPSA) is 3.24 Å². The molecule has 5 aromatic rings. The zero-order chi connectivity index (χ0) is 24.5. The van der Waals surface area contributed by atoms with Crippen LogP contribution in [0.4, 0.5) is 17.1 Å². The zero-order valence-corrected chi connectivity index (χ0v) is 20.7. The molecule has 0 spiro atoms. The van der Waals surface area contributed by atoms with Crippen LogP contribution in [0, 0.1) is 0 Å². The molecule has 5 aromatic carbocycles. The van der Waals surface area contributed by atoms with Gasteiger partial charge in [-0.25, -0.2) is 0 Å². The molecule has 0 atom stereocenters. The van der Waals surface area contributed by atoms with Crippen LogP contribution in [0.1, 0.15) is 36.1 Å². The van der Waals surface area contributed by atoms with E-state index in [4.69, 9.17) is 0 Å². The molecule has 0 aliphatic heterocycles. The van der Waals surface area contributed by atoms with Crippen molar-refractivity contribution in [1.82, 2.24) is 0 Å². The summed E-state index contributed by atoms with van der Waals surface area (Å²) < 4.78 is 0. The average molecular weight is 464 g/mol. The van der Waals surface area contributed by atoms with Gasteiger partial charge in [-0.2, -0.15) is 0 Å². The van der Waals surface area contributed by atoms with Gasteiger partial charge in [-0.15, -0.1) is 0 Å². The third-order valence-electron chi connectivity index (χ3n) is 7.24. The van der Waals surface area contributed by atoms with Crippen molar-refractivity contribution in [3.63, 3.8) is 0 Å². The van der Waals surface area contributed by atoms with Crippen molar-refractivity contribution < 1.29 is 0 Å². The molecule has 0 unspecified atom stereocenters. The fourth-order valence-electron chi connectivity index (χ4n) is 5.34. The molecular weight excluding hydrogens is 434 g/mol. The molecule has 1 heteroatoms. The van der Waals surface area contributed by atoms with E-state index in [1.807, 2.05) is 0 Å². The highest BCUT2D eigenvalue weighted by Gasteiger charge is 2.36. The summed E-state index contributed by atoms with van der Waals surface area (Å²) in [6, 6.07) is 45.5. The van der Waals surface area contributed by atoms with Crippen LogP contribution < -0.4 is 4.90 Å². The largest absolute Gasteiger partial charge is 0.310 e. The first kappa shape index (κ1) is 22.1. The van der Waals surface area contributed by atoms with Crippen molar-refractivity contribution in [1.29, 1.82) is 0 Å². The third kappa shape index (κ3) is 3.93. The summed E-state index contributed by atoms with van der Waals surface area (Å²) in [5.41, 5.74) is 11.3. The zero-order valence-electron chi connectivity index (χ0n) is 20.7. The van der Waals surface area contributed by atoms with Gasteiger partial charge < -0.3 is 4.90 Å². The number of benzene rings is 5. The Kier molecular flexibility index (Phi) is 5.54. The second-order valence-corrected chi connectivity index (χ2v) is 9.91. The number of nitrogens with zero attached hydrogens (tertiary/aromatic N) is 1. The molecule has 0 bridgehead atoms. The molecule has 6 rings (SSSR count). The van der Waals surface area contributed by atoms with Crippen LogP contribution in [-0.4, -0.2) is 0 Å². The highest BCUT2D eigenvalue weighted by atomic mass is 15.1. The third-order valence-corrected chi connectivity index (χ3v) is 7.24. The van der Waals surface area contributed by atoms with Crippen LogP contribution in [0.3, 0.4) is 0 Å². The molecule has 174 valence electrons. The molecule has 0 aromatic heterocycles. The summed E-state index contributed by atoms with van der Waals surface area (Å²) in [6.45, 7) is 4.70. The molecule has 0 amide bonds. The van der Waals surface area contributed by atoms with Gasteiger partial charge in [0.2, 0.25) is 0 Å². The first-order valence-electron chi connectivity index (χ1n) is 12.5. The van der Waals surface area contributed by atoms with Gasteiger partial charge in [0.05, 0.1) is 0 Å². The highest BCUT2D eigenvalue weighted by Crippen LogP contribution is 2.51. The second-order valence-electron chi connectivity index (χ2n) is 9.91. The van der Waals surface area contributed by atoms with Gasteiger partial charge in [0.25, 0.3) is 0 Å². The molecule has 1 aliphatic carbocycles. The predicted molar refractivity (Wildman–Crippen MR) is 154 cm³/mol. The molecular formula is C35H29N. The van der Waals surface area contributed by atoms with Crippen molar-refractivity contribution in [2.45, 2.75) is 19.3 Å². The molecule has 0 fully saturated rings. The fraction of sp³-hybridized carbons (Fsp3) is 0.0857. The van der Waals surface area contributed by atoms with Crippen LogP contribution in [0.25, 0.3) is 23.3 Å². The predicted octanol–water partition coefficient (Wildman–Crippen LogP) is 9.63. The summed E-state index contributed by atoms with van der Waals surface area (Å²) >= 11 is 0. The summed E-state index contributed by atoms with van der Waals surface area (Å²) in [4.78, 5) is 2.34. The minimum Gasteiger partial charge on any atom is -0.310 e. The summed E-state index contributed by atoms with van der Waals surface area (Å²) in [6.07, 6.45) is 4.40. The van der Waals surface area contributed by atoms with Crippen molar-refractivity contribution >= 4 is 29.2 Å². The molecule has 0 saturated carbocycles. The lowest BCUT2D eigenvalue weighted by molar-refractivity contribution is 0.660. The Hall–Kier alpha value is -4.36. The van der Waals surface area contributed by atoms with Gasteiger partial charge in [-0.1, -0.05) is 117 Å². The van der Waals surface area contributed by atoms with Crippen LogP contribution in [0.5, 0.6) is 0 Å². The number of fused-ring (bicyclic) bond motifs is 3. The molecule has 0 radical (unpaired) electrons. The van der Waals surface area contributed by atoms with E-state index in [-0.39, 0.29) is 5.41 Å². The van der Waals surface area contributed by atoms with E-state index >= 15 is 0 Å². The van der Waals surface area contributed by atoms with Gasteiger partial charge in [0.15, 0.2) is 0 Å². The minimum atomic E-state index is -0.0870. The first-order valence-corrected chi connectivity index (χ1v) is 12.5. The van der Waals surface area contributed by atoms with E-state index in [0.717, 1.165) is 11.4 Å². The second kappa shape index (κ2) is 9.02. The quantitative estimate of drug-likeness (QED) is 0.235. The van der Waals surface area contributed by atoms with E-state index in [1.165, 1.54) is 39.1 Å². The minimum absolute atomic E-state index is 0.0870. The van der Waals surface area contributed by atoms with Gasteiger partial charge >= 0.3 is 0 Å². The monoisotopic (exact) mass is 463 g/mol. The molecule has 0 heterocycles. The molecule has 1 aliphatic rings. The van der Waals surface area contributed by atoms with Crippen LogP contribution in [0.15, 0.2) is 127 Å². The smallest absolute Gasteiger partial charge is 0.0465 e. The fourth-order valence-corrected chi connectivity index (χ4v) is 5.34. The van der Waals surface area contributed by atoms with Gasteiger partial charge in [-0.3, -0.25) is 0 Å². The molecule has 1 nitrogen and oxygen atoms in total. The highest BCUT2D eigenvalue weighted by molar-refractivity contribution is 5.86. The van der Waals surface area contributed by atoms with E-state index in [9.17, 15) is 0 Å². The lowest BCUT2D eigenvalue weighted by Crippen LogP contribution is -2.16. The van der Waals surface area contributed by atoms with Crippen molar-refractivity contribution in [2.24, 2.45) is 0 Å². The Balaban J connectivity index is 1.41. The molecule has 36 heavy (non-hydrogen) atoms. The Labute approximate surface area is 214 Å². The SMILES string of the molecule is CC1(C)c2cc(C=Cc3ccccc3)ccc2-c2ccc(N(c3ccccc3)c3ccccc3)cc21. The summed E-state index contributed by atoms with van der Waals surface area (Å²) in [7, 11) is 0. The summed E-state index contributed by atoms with van der Waals surface area (Å²) in [5.74, 6) is 0. The number of para-hydroxylation sites is 2. The molecule has 0 N–H and O–H groups in total. The molecule has 0 saturated heterocycles. The van der Waals surface area contributed by atoms with Gasteiger partial charge in [-0.05, 0) is 69.8 Å². The van der Waals surface area contributed by atoms with Crippen LogP contribution in [-0.2, 0) is 5.41 Å². The summed E-state index contributed by atoms with van der Waals surface area (Å²) in [5, 5.41) is 0. The Morgan fingerprint density at radius 2 is 0.972 bits per heavy atom. The van der Waals surface area contributed by atoms with E-state index < -0.39 is 0 Å². The Morgan fingerprint density at radius 3 is 1.58 bits per heavy atom. The maximum absolute atomic E-state index is 2.38. The van der Waals surface area contributed by atoms with E-state index in [0.29, 0.717) is 0 Å². The average Bonchev–Trinajstić information content (AvgIpc) is 3.15. The van der Waals surface area contributed by atoms with Gasteiger partial charge in [0.1, 0.15) is 0 Å². The van der Waals surface area contributed by atoms with Crippen molar-refractivity contribution in [3.8, 4) is 11.1 Å². The standard InChI is InChI=1S/C35H29N/c1-35(2)33-24-27(19-18-26-12-6-3-7-13-26)20-22-31(33)32-23-21-30(25-34(32)35)36(28-14-8-4-9-15-28)29-16-10-5-11-17-29/h3-25H,1-2H3. The van der Waals surface area contributed by atoms with Gasteiger partial charge in [0, 0.05) is 22.5 Å². The maximum Gasteiger partial charge on any atom is 0.0465 e. The van der Waals surface area contributed by atoms with E-state index in [1.54, 1.807) is 0 Å². The first-order chi connectivity index (χ1) is 17.6. The van der Waals surface area contributed by atoms with E-state index in [2.05, 4.69) is 158 Å². The normalized spacial score (nSPS) is 13.4. The number of anilines is 3. The number of hydrogen-bond donors (Lipinski definition) is 0.